The molecule has 2 aromatic rings. The maximum atomic E-state index is 13.1. The first-order chi connectivity index (χ1) is 16.6. The zero-order valence-corrected chi connectivity index (χ0v) is 18.1. The minimum Gasteiger partial charge on any atom is -0.452 e. The molecule has 35 heavy (non-hydrogen) atoms. The number of para-hydroxylation sites is 1. The molecule has 0 aromatic heterocycles. The van der Waals surface area contributed by atoms with Crippen molar-refractivity contribution in [2.45, 2.75) is 12.6 Å². The van der Waals surface area contributed by atoms with E-state index in [1.807, 2.05) is 12.2 Å². The van der Waals surface area contributed by atoms with Crippen molar-refractivity contribution in [2.75, 3.05) is 16.8 Å². The molecule has 0 spiro atoms. The van der Waals surface area contributed by atoms with Crippen molar-refractivity contribution < 1.29 is 37.1 Å². The number of nitrogens with one attached hydrogen (secondary N) is 1. The van der Waals surface area contributed by atoms with Gasteiger partial charge in [-0.15, -0.1) is 0 Å². The van der Waals surface area contributed by atoms with Crippen LogP contribution in [-0.4, -0.2) is 30.3 Å². The van der Waals surface area contributed by atoms with E-state index < -0.39 is 47.7 Å². The third kappa shape index (κ3) is 3.98. The molecule has 7 nitrogen and oxygen atoms in total. The summed E-state index contributed by atoms with van der Waals surface area (Å²) >= 11 is 0. The molecule has 10 heteroatoms. The molecule has 2 aromatic carbocycles. The number of hydrogen-bond donors (Lipinski definition) is 1. The van der Waals surface area contributed by atoms with Crippen molar-refractivity contribution in [1.82, 2.24) is 0 Å². The predicted octanol–water partition coefficient (Wildman–Crippen LogP) is 3.81. The van der Waals surface area contributed by atoms with Crippen LogP contribution >= 0.6 is 0 Å². The Morgan fingerprint density at radius 2 is 1.63 bits per heavy atom. The maximum absolute atomic E-state index is 13.1. The number of ether oxygens (including phenoxy) is 1. The Bertz CT molecular complexity index is 1240. The molecule has 1 aliphatic heterocycles. The van der Waals surface area contributed by atoms with Crippen LogP contribution in [0.25, 0.3) is 0 Å². The van der Waals surface area contributed by atoms with Crippen LogP contribution in [0.1, 0.15) is 22.3 Å². The van der Waals surface area contributed by atoms with Crippen molar-refractivity contribution in [3.05, 3.63) is 71.8 Å². The van der Waals surface area contributed by atoms with Crippen LogP contribution in [-0.2, 0) is 25.3 Å². The number of imide groups is 1. The lowest BCUT2D eigenvalue weighted by Gasteiger charge is -2.18. The highest BCUT2D eigenvalue weighted by atomic mass is 19.4. The lowest BCUT2D eigenvalue weighted by Crippen LogP contribution is -2.33. The first kappa shape index (κ1) is 22.8. The van der Waals surface area contributed by atoms with Crippen LogP contribution in [0.3, 0.4) is 0 Å². The number of fused-ring (bicyclic) bond motifs is 5. The number of amides is 3. The van der Waals surface area contributed by atoms with E-state index in [1.165, 1.54) is 36.4 Å². The molecule has 0 unspecified atom stereocenters. The van der Waals surface area contributed by atoms with E-state index in [2.05, 4.69) is 5.32 Å². The molecule has 1 N–H and O–H groups in total. The number of benzene rings is 2. The first-order valence-corrected chi connectivity index (χ1v) is 10.9. The van der Waals surface area contributed by atoms with Gasteiger partial charge in [-0.1, -0.05) is 30.4 Å². The second-order valence-corrected chi connectivity index (χ2v) is 8.73. The summed E-state index contributed by atoms with van der Waals surface area (Å²) in [5.74, 6) is -3.18. The van der Waals surface area contributed by atoms with Crippen LogP contribution in [0, 0.1) is 23.7 Å². The van der Waals surface area contributed by atoms with Crippen LogP contribution < -0.4 is 10.2 Å². The molecule has 1 heterocycles. The average Bonchev–Trinajstić information content (AvgIpc) is 3.51. The van der Waals surface area contributed by atoms with Crippen LogP contribution in [0.15, 0.2) is 60.7 Å². The number of alkyl halides is 3. The number of anilines is 2. The Morgan fingerprint density at radius 3 is 2.29 bits per heavy atom. The number of halogens is 3. The molecule has 4 atom stereocenters. The van der Waals surface area contributed by atoms with Gasteiger partial charge in [0.25, 0.3) is 5.91 Å². The largest absolute Gasteiger partial charge is 0.452 e. The fraction of sp³-hybridized carbons (Fsp3) is 0.280. The highest BCUT2D eigenvalue weighted by Gasteiger charge is 2.59. The van der Waals surface area contributed by atoms with E-state index in [9.17, 15) is 32.3 Å². The van der Waals surface area contributed by atoms with Crippen molar-refractivity contribution >= 4 is 35.1 Å². The molecule has 2 bridgehead atoms. The summed E-state index contributed by atoms with van der Waals surface area (Å²) in [6, 6.07) is 10.2. The third-order valence-electron chi connectivity index (χ3n) is 6.65. The van der Waals surface area contributed by atoms with Crippen LogP contribution in [0.2, 0.25) is 0 Å². The van der Waals surface area contributed by atoms with E-state index in [1.54, 1.807) is 0 Å². The van der Waals surface area contributed by atoms with Gasteiger partial charge in [0.15, 0.2) is 6.61 Å². The van der Waals surface area contributed by atoms with Crippen molar-refractivity contribution in [3.8, 4) is 0 Å². The minimum absolute atomic E-state index is 0.00949. The molecule has 0 radical (unpaired) electrons. The number of nitrogens with zero attached hydrogens (tertiary/aromatic N) is 1. The van der Waals surface area contributed by atoms with Gasteiger partial charge in [-0.2, -0.15) is 13.2 Å². The molecule has 2 aliphatic carbocycles. The number of carbonyl (C=O) groups is 4. The average molecular weight is 484 g/mol. The molecule has 180 valence electrons. The third-order valence-corrected chi connectivity index (χ3v) is 6.65. The van der Waals surface area contributed by atoms with Gasteiger partial charge in [0.2, 0.25) is 11.8 Å². The monoisotopic (exact) mass is 484 g/mol. The zero-order valence-electron chi connectivity index (χ0n) is 18.1. The molecule has 3 amide bonds. The predicted molar refractivity (Wildman–Crippen MR) is 117 cm³/mol. The van der Waals surface area contributed by atoms with Crippen LogP contribution in [0.4, 0.5) is 24.5 Å². The Morgan fingerprint density at radius 1 is 0.971 bits per heavy atom. The highest BCUT2D eigenvalue weighted by molar-refractivity contribution is 6.23. The second-order valence-electron chi connectivity index (χ2n) is 8.73. The van der Waals surface area contributed by atoms with E-state index >= 15 is 0 Å². The summed E-state index contributed by atoms with van der Waals surface area (Å²) in [6.07, 6.45) is 0.0843. The lowest BCUT2D eigenvalue weighted by atomic mass is 9.85. The molecule has 3 aliphatic rings. The normalized spacial score (nSPS) is 24.6. The summed E-state index contributed by atoms with van der Waals surface area (Å²) < 4.78 is 44.2. The molecular formula is C25H19F3N2O5. The van der Waals surface area contributed by atoms with Gasteiger partial charge >= 0.3 is 12.1 Å². The van der Waals surface area contributed by atoms with Crippen molar-refractivity contribution in [1.29, 1.82) is 0 Å². The quantitative estimate of drug-likeness (QED) is 0.396. The van der Waals surface area contributed by atoms with Gasteiger partial charge in [-0.3, -0.25) is 14.4 Å². The molecule has 1 saturated heterocycles. The van der Waals surface area contributed by atoms with Gasteiger partial charge in [-0.25, -0.2) is 9.69 Å². The van der Waals surface area contributed by atoms with E-state index in [0.29, 0.717) is 0 Å². The smallest absolute Gasteiger partial charge is 0.418 e. The van der Waals surface area contributed by atoms with Crippen molar-refractivity contribution in [3.63, 3.8) is 0 Å². The number of hydrogen-bond acceptors (Lipinski definition) is 5. The van der Waals surface area contributed by atoms with E-state index in [0.717, 1.165) is 23.5 Å². The van der Waals surface area contributed by atoms with Crippen LogP contribution in [0.5, 0.6) is 0 Å². The Labute approximate surface area is 197 Å². The molecule has 5 rings (SSSR count). The summed E-state index contributed by atoms with van der Waals surface area (Å²) in [7, 11) is 0. The highest BCUT2D eigenvalue weighted by Crippen LogP contribution is 2.53. The first-order valence-electron chi connectivity index (χ1n) is 10.9. The number of rotatable bonds is 5. The van der Waals surface area contributed by atoms with Crippen molar-refractivity contribution in [2.24, 2.45) is 23.7 Å². The summed E-state index contributed by atoms with van der Waals surface area (Å²) in [5.41, 5.74) is -1.26. The topological polar surface area (TPSA) is 92.8 Å². The number of carbonyl (C=O) groups excluding carboxylic acids is 4. The summed E-state index contributed by atoms with van der Waals surface area (Å²) in [5, 5.41) is 2.09. The van der Waals surface area contributed by atoms with Gasteiger partial charge in [-0.05, 0) is 48.6 Å². The van der Waals surface area contributed by atoms with Gasteiger partial charge < -0.3 is 10.1 Å². The number of esters is 1. The summed E-state index contributed by atoms with van der Waals surface area (Å²) in [6.45, 7) is -0.823. The fourth-order valence-corrected chi connectivity index (χ4v) is 5.17. The second kappa shape index (κ2) is 8.37. The Balaban J connectivity index is 1.25. The number of allylic oxidation sites excluding steroid dienone is 2. The SMILES string of the molecule is O=C(COC(=O)c1cccc(N2C(=O)[C@@H]3[C@@H](C2=O)[C@H]2C=C[C@H]3C2)c1)Nc1ccccc1C(F)(F)F. The minimum atomic E-state index is -4.67. The van der Waals surface area contributed by atoms with E-state index in [4.69, 9.17) is 4.74 Å². The van der Waals surface area contributed by atoms with Gasteiger partial charge in [0.1, 0.15) is 0 Å². The van der Waals surface area contributed by atoms with E-state index in [-0.39, 0.29) is 34.9 Å². The maximum Gasteiger partial charge on any atom is 0.418 e. The van der Waals surface area contributed by atoms with Gasteiger partial charge in [0, 0.05) is 0 Å². The standard InChI is InChI=1S/C25H19F3N2O5/c26-25(27,28)17-6-1-2-7-18(17)29-19(31)12-35-24(34)15-4-3-5-16(11-15)30-22(32)20-13-8-9-14(10-13)21(20)23(30)33/h1-9,11,13-14,20-21H,10,12H2,(H,29,31)/t13-,14-,20-,21-/m0/s1. The molecule has 2 fully saturated rings. The lowest BCUT2D eigenvalue weighted by molar-refractivity contribution is -0.137. The summed E-state index contributed by atoms with van der Waals surface area (Å²) in [4.78, 5) is 51.6. The Hall–Kier alpha value is -3.95. The fourth-order valence-electron chi connectivity index (χ4n) is 5.17. The zero-order chi connectivity index (χ0) is 24.9. The molecule has 1 saturated carbocycles. The van der Waals surface area contributed by atoms with Gasteiger partial charge in [0.05, 0.1) is 34.3 Å². The molecular weight excluding hydrogens is 465 g/mol. The Kier molecular flexibility index (Phi) is 5.46.